The summed E-state index contributed by atoms with van der Waals surface area (Å²) in [4.78, 5) is 9.37. The minimum absolute atomic E-state index is 0.537. The molecule has 4 heteroatoms. The lowest BCUT2D eigenvalue weighted by atomic mass is 9.94. The number of fused-ring (bicyclic) bond motifs is 1. The van der Waals surface area contributed by atoms with E-state index in [0.717, 1.165) is 28.7 Å². The van der Waals surface area contributed by atoms with E-state index in [1.54, 1.807) is 0 Å². The Morgan fingerprint density at radius 1 is 1.00 bits per heavy atom. The molecule has 2 aromatic rings. The lowest BCUT2D eigenvalue weighted by Crippen LogP contribution is -2.24. The number of pyridine rings is 1. The van der Waals surface area contributed by atoms with Crippen LogP contribution in [0.15, 0.2) is 41.5 Å². The van der Waals surface area contributed by atoms with Crippen molar-refractivity contribution in [1.82, 2.24) is 4.98 Å². The molecule has 1 aliphatic carbocycles. The molecule has 1 aromatic carbocycles. The molecule has 1 fully saturated rings. The Labute approximate surface area is 141 Å². The van der Waals surface area contributed by atoms with Gasteiger partial charge in [0.2, 0.25) is 0 Å². The van der Waals surface area contributed by atoms with Crippen LogP contribution in [0.2, 0.25) is 5.02 Å². The largest absolute Gasteiger partial charge is 0.367 e. The van der Waals surface area contributed by atoms with Gasteiger partial charge in [0, 0.05) is 28.4 Å². The summed E-state index contributed by atoms with van der Waals surface area (Å²) in [6.45, 7) is 0.731. The summed E-state index contributed by atoms with van der Waals surface area (Å²) >= 11 is 6.01. The number of anilines is 1. The molecule has 0 amide bonds. The fraction of sp³-hybridized carbons (Fsp3) is 0.368. The van der Waals surface area contributed by atoms with E-state index < -0.39 is 0 Å². The molecule has 1 aromatic heterocycles. The van der Waals surface area contributed by atoms with Crippen LogP contribution >= 0.6 is 11.6 Å². The molecule has 0 saturated heterocycles. The smallest absolute Gasteiger partial charge is 0.135 e. The molecule has 2 heterocycles. The molecule has 0 unspecified atom stereocenters. The summed E-state index contributed by atoms with van der Waals surface area (Å²) in [5, 5.41) is 4.42. The van der Waals surface area contributed by atoms with Crippen molar-refractivity contribution in [3.63, 3.8) is 0 Å². The molecule has 1 saturated carbocycles. The van der Waals surface area contributed by atoms with Gasteiger partial charge in [0.1, 0.15) is 5.82 Å². The van der Waals surface area contributed by atoms with Crippen LogP contribution in [-0.4, -0.2) is 16.7 Å². The van der Waals surface area contributed by atoms with E-state index in [1.807, 2.05) is 30.5 Å². The van der Waals surface area contributed by atoms with Crippen LogP contribution in [0.1, 0.15) is 48.8 Å². The van der Waals surface area contributed by atoms with Gasteiger partial charge in [-0.1, -0.05) is 43.0 Å². The Morgan fingerprint density at radius 2 is 1.78 bits per heavy atom. The van der Waals surface area contributed by atoms with Gasteiger partial charge in [-0.15, -0.1) is 0 Å². The highest BCUT2D eigenvalue weighted by molar-refractivity contribution is 6.30. The van der Waals surface area contributed by atoms with Crippen molar-refractivity contribution in [2.24, 2.45) is 4.99 Å². The topological polar surface area (TPSA) is 37.3 Å². The third-order valence-electron chi connectivity index (χ3n) is 4.75. The first kappa shape index (κ1) is 14.7. The van der Waals surface area contributed by atoms with Crippen LogP contribution in [0, 0.1) is 0 Å². The van der Waals surface area contributed by atoms with Crippen molar-refractivity contribution < 1.29 is 0 Å². The summed E-state index contributed by atoms with van der Waals surface area (Å²) < 4.78 is 0. The molecule has 3 nitrogen and oxygen atoms in total. The highest BCUT2D eigenvalue weighted by Crippen LogP contribution is 2.30. The molecule has 0 atom stereocenters. The van der Waals surface area contributed by atoms with Gasteiger partial charge in [-0.2, -0.15) is 0 Å². The molecule has 0 radical (unpaired) electrons. The van der Waals surface area contributed by atoms with Gasteiger partial charge in [-0.05, 0) is 36.6 Å². The predicted molar refractivity (Wildman–Crippen MR) is 95.5 cm³/mol. The molecule has 1 aliphatic heterocycles. The Balaban J connectivity index is 1.67. The van der Waals surface area contributed by atoms with Gasteiger partial charge in [-0.25, -0.2) is 4.98 Å². The molecule has 4 rings (SSSR count). The van der Waals surface area contributed by atoms with Crippen LogP contribution < -0.4 is 5.32 Å². The number of aromatic nitrogens is 1. The van der Waals surface area contributed by atoms with Crippen molar-refractivity contribution in [2.45, 2.75) is 44.7 Å². The first-order valence-electron chi connectivity index (χ1n) is 8.36. The van der Waals surface area contributed by atoms with Crippen molar-refractivity contribution in [2.75, 3.05) is 5.32 Å². The second-order valence-corrected chi connectivity index (χ2v) is 6.78. The average Bonchev–Trinajstić information content (AvgIpc) is 3.02. The van der Waals surface area contributed by atoms with Gasteiger partial charge in [0.15, 0.2) is 0 Å². The minimum atomic E-state index is 0.537. The Kier molecular flexibility index (Phi) is 4.04. The number of hydrogen-bond donors (Lipinski definition) is 1. The van der Waals surface area contributed by atoms with Crippen LogP contribution in [0.5, 0.6) is 0 Å². The van der Waals surface area contributed by atoms with Crippen LogP contribution in [0.4, 0.5) is 5.82 Å². The molecular formula is C19H20ClN3. The predicted octanol–water partition coefficient (Wildman–Crippen LogP) is 4.83. The monoisotopic (exact) mass is 325 g/mol. The average molecular weight is 326 g/mol. The number of benzene rings is 1. The van der Waals surface area contributed by atoms with E-state index in [-0.39, 0.29) is 0 Å². The Hall–Kier alpha value is -1.87. The molecule has 0 spiro atoms. The molecule has 2 aliphatic rings. The van der Waals surface area contributed by atoms with Gasteiger partial charge in [0.25, 0.3) is 0 Å². The molecule has 23 heavy (non-hydrogen) atoms. The number of hydrogen-bond acceptors (Lipinski definition) is 3. The van der Waals surface area contributed by atoms with Crippen LogP contribution in [0.3, 0.4) is 0 Å². The summed E-state index contributed by atoms with van der Waals surface area (Å²) in [5.74, 6) is 0.987. The standard InChI is InChI=1S/C19H20ClN3/c20-15-8-6-13(7-9-15)18-17-14(12-22-18)10-11-21-19(17)23-16-4-2-1-3-5-16/h6-11,16H,1-5,12H2,(H,21,23). The highest BCUT2D eigenvalue weighted by Gasteiger charge is 2.24. The minimum Gasteiger partial charge on any atom is -0.367 e. The van der Waals surface area contributed by atoms with E-state index in [0.29, 0.717) is 6.04 Å². The third-order valence-corrected chi connectivity index (χ3v) is 5.00. The number of rotatable bonds is 3. The summed E-state index contributed by atoms with van der Waals surface area (Å²) in [7, 11) is 0. The fourth-order valence-electron chi connectivity index (χ4n) is 3.53. The number of nitrogens with zero attached hydrogens (tertiary/aromatic N) is 2. The zero-order chi connectivity index (χ0) is 15.6. The van der Waals surface area contributed by atoms with Crippen molar-refractivity contribution in [3.05, 3.63) is 58.2 Å². The molecular weight excluding hydrogens is 306 g/mol. The number of halogens is 1. The van der Waals surface area contributed by atoms with Crippen molar-refractivity contribution in [1.29, 1.82) is 0 Å². The summed E-state index contributed by atoms with van der Waals surface area (Å²) in [6, 6.07) is 10.5. The normalized spacial score (nSPS) is 17.7. The second kappa shape index (κ2) is 6.32. The van der Waals surface area contributed by atoms with Crippen LogP contribution in [-0.2, 0) is 6.54 Å². The van der Waals surface area contributed by atoms with Gasteiger partial charge >= 0.3 is 0 Å². The van der Waals surface area contributed by atoms with E-state index in [4.69, 9.17) is 16.6 Å². The first-order valence-corrected chi connectivity index (χ1v) is 8.74. The second-order valence-electron chi connectivity index (χ2n) is 6.34. The van der Waals surface area contributed by atoms with Crippen molar-refractivity contribution in [3.8, 4) is 0 Å². The number of aliphatic imine (C=N–C) groups is 1. The maximum atomic E-state index is 6.01. The first-order chi connectivity index (χ1) is 11.3. The Bertz CT molecular complexity index is 731. The van der Waals surface area contributed by atoms with E-state index in [9.17, 15) is 0 Å². The fourth-order valence-corrected chi connectivity index (χ4v) is 3.66. The maximum Gasteiger partial charge on any atom is 0.135 e. The van der Waals surface area contributed by atoms with E-state index in [2.05, 4.69) is 16.4 Å². The highest BCUT2D eigenvalue weighted by atomic mass is 35.5. The lowest BCUT2D eigenvalue weighted by Gasteiger charge is -2.24. The van der Waals surface area contributed by atoms with Crippen molar-refractivity contribution >= 4 is 23.1 Å². The van der Waals surface area contributed by atoms with E-state index >= 15 is 0 Å². The van der Waals surface area contributed by atoms with Crippen LogP contribution in [0.25, 0.3) is 0 Å². The molecule has 118 valence electrons. The third kappa shape index (κ3) is 2.98. The zero-order valence-corrected chi connectivity index (χ0v) is 13.8. The lowest BCUT2D eigenvalue weighted by molar-refractivity contribution is 0.462. The quantitative estimate of drug-likeness (QED) is 0.877. The maximum absolute atomic E-state index is 6.01. The van der Waals surface area contributed by atoms with Gasteiger partial charge < -0.3 is 5.32 Å². The molecule has 0 bridgehead atoms. The Morgan fingerprint density at radius 3 is 2.57 bits per heavy atom. The SMILES string of the molecule is Clc1ccc(C2=NCc3ccnc(NC4CCCCC4)c32)cc1. The summed E-state index contributed by atoms with van der Waals surface area (Å²) in [6.07, 6.45) is 8.34. The molecule has 1 N–H and O–H groups in total. The zero-order valence-electron chi connectivity index (χ0n) is 13.1. The summed E-state index contributed by atoms with van der Waals surface area (Å²) in [5.41, 5.74) is 4.56. The number of nitrogens with one attached hydrogen (secondary N) is 1. The van der Waals surface area contributed by atoms with Gasteiger partial charge in [0.05, 0.1) is 12.3 Å². The van der Waals surface area contributed by atoms with Gasteiger partial charge in [-0.3, -0.25) is 4.99 Å². The van der Waals surface area contributed by atoms with E-state index in [1.165, 1.54) is 43.2 Å².